The fourth-order valence-electron chi connectivity index (χ4n) is 5.41. The van der Waals surface area contributed by atoms with Crippen molar-refractivity contribution >= 4 is 34.3 Å². The number of hydrogen-bond donors (Lipinski definition) is 3. The van der Waals surface area contributed by atoms with Crippen molar-refractivity contribution in [2.24, 2.45) is 11.8 Å². The van der Waals surface area contributed by atoms with Crippen LogP contribution < -0.4 is 10.6 Å². The Morgan fingerprint density at radius 3 is 2.59 bits per heavy atom. The van der Waals surface area contributed by atoms with Crippen molar-refractivity contribution in [2.45, 2.75) is 76.8 Å². The zero-order valence-corrected chi connectivity index (χ0v) is 22.2. The van der Waals surface area contributed by atoms with Gasteiger partial charge in [0.25, 0.3) is 0 Å². The molecule has 4 rings (SSSR count). The van der Waals surface area contributed by atoms with Crippen LogP contribution in [0.15, 0.2) is 30.3 Å². The van der Waals surface area contributed by atoms with Gasteiger partial charge in [0.15, 0.2) is 0 Å². The maximum Gasteiger partial charge on any atom is 0.247 e. The van der Waals surface area contributed by atoms with Crippen molar-refractivity contribution in [2.75, 3.05) is 18.5 Å². The molecule has 0 radical (unpaired) electrons. The topological polar surface area (TPSA) is 125 Å². The standard InChI is InChI=1S/C27H37N5O4S/c1-18(10-9-17-33)24(34)28-23(20-13-6-3-7-14-20)27(36)32-16-8-15-21(32)25(35)29-26-22(30-31-37-26)19-11-4-2-5-12-19/h2,4-5,11-12,18,20-21,23,33H,3,6-10,13-17H2,1H3,(H,28,34)(H,29,35)/t18?,21-,23-/m0/s1. The lowest BCUT2D eigenvalue weighted by Crippen LogP contribution is -2.56. The molecule has 2 aliphatic rings. The molecular weight excluding hydrogens is 490 g/mol. The smallest absolute Gasteiger partial charge is 0.247 e. The van der Waals surface area contributed by atoms with E-state index in [1.165, 1.54) is 0 Å². The van der Waals surface area contributed by atoms with Gasteiger partial charge < -0.3 is 20.6 Å². The van der Waals surface area contributed by atoms with Gasteiger partial charge in [0, 0.05) is 36.2 Å². The zero-order chi connectivity index (χ0) is 26.2. The summed E-state index contributed by atoms with van der Waals surface area (Å²) in [6.45, 7) is 2.35. The normalized spacial score (nSPS) is 19.8. The highest BCUT2D eigenvalue weighted by Gasteiger charge is 2.41. The second kappa shape index (κ2) is 13.1. The Morgan fingerprint density at radius 2 is 1.86 bits per heavy atom. The van der Waals surface area contributed by atoms with Crippen LogP contribution in [-0.4, -0.2) is 62.6 Å². The molecule has 1 unspecified atom stereocenters. The van der Waals surface area contributed by atoms with Crippen molar-refractivity contribution in [3.8, 4) is 11.3 Å². The monoisotopic (exact) mass is 527 g/mol. The number of aliphatic hydroxyl groups is 1. The molecule has 3 amide bonds. The van der Waals surface area contributed by atoms with Crippen LogP contribution in [0.2, 0.25) is 0 Å². The predicted octanol–water partition coefficient (Wildman–Crippen LogP) is 3.61. The lowest BCUT2D eigenvalue weighted by Gasteiger charge is -2.35. The minimum absolute atomic E-state index is 0.0362. The summed E-state index contributed by atoms with van der Waals surface area (Å²) in [5.74, 6) is -0.813. The molecule has 1 aromatic carbocycles. The number of carbonyl (C=O) groups excluding carboxylic acids is 3. The van der Waals surface area contributed by atoms with Gasteiger partial charge in [-0.1, -0.05) is 61.0 Å². The summed E-state index contributed by atoms with van der Waals surface area (Å²) >= 11 is 1.12. The van der Waals surface area contributed by atoms with Gasteiger partial charge in [-0.3, -0.25) is 14.4 Å². The summed E-state index contributed by atoms with van der Waals surface area (Å²) in [6, 6.07) is 8.31. The quantitative estimate of drug-likeness (QED) is 0.434. The average molecular weight is 528 g/mol. The molecule has 37 heavy (non-hydrogen) atoms. The molecule has 3 N–H and O–H groups in total. The van der Waals surface area contributed by atoms with Gasteiger partial charge in [-0.05, 0) is 44.4 Å². The molecule has 2 fully saturated rings. The number of benzene rings is 1. The highest BCUT2D eigenvalue weighted by molar-refractivity contribution is 7.10. The van der Waals surface area contributed by atoms with Crippen LogP contribution >= 0.6 is 11.5 Å². The Balaban J connectivity index is 1.48. The Kier molecular flexibility index (Phi) is 9.62. The molecule has 1 aliphatic carbocycles. The van der Waals surface area contributed by atoms with Crippen LogP contribution in [0.5, 0.6) is 0 Å². The number of anilines is 1. The highest BCUT2D eigenvalue weighted by atomic mass is 32.1. The first-order valence-corrected chi connectivity index (χ1v) is 14.2. The fourth-order valence-corrected chi connectivity index (χ4v) is 6.00. The van der Waals surface area contributed by atoms with E-state index in [9.17, 15) is 14.4 Å². The lowest BCUT2D eigenvalue weighted by molar-refractivity contribution is -0.142. The summed E-state index contributed by atoms with van der Waals surface area (Å²) < 4.78 is 4.03. The van der Waals surface area contributed by atoms with Crippen LogP contribution in [0.25, 0.3) is 11.3 Å². The number of likely N-dealkylation sites (tertiary alicyclic amines) is 1. The van der Waals surface area contributed by atoms with E-state index >= 15 is 0 Å². The minimum Gasteiger partial charge on any atom is -0.396 e. The summed E-state index contributed by atoms with van der Waals surface area (Å²) in [5, 5.41) is 19.9. The van der Waals surface area contributed by atoms with E-state index < -0.39 is 12.1 Å². The Morgan fingerprint density at radius 1 is 1.11 bits per heavy atom. The number of aliphatic hydroxyl groups excluding tert-OH is 1. The number of hydrogen-bond acceptors (Lipinski definition) is 7. The molecule has 1 saturated carbocycles. The molecular formula is C27H37N5O4S. The number of nitrogens with one attached hydrogen (secondary N) is 2. The lowest BCUT2D eigenvalue weighted by atomic mass is 9.83. The molecule has 2 heterocycles. The van der Waals surface area contributed by atoms with Crippen molar-refractivity contribution in [3.05, 3.63) is 30.3 Å². The molecule has 0 spiro atoms. The van der Waals surface area contributed by atoms with Gasteiger partial charge in [0.1, 0.15) is 22.8 Å². The molecule has 1 aromatic heterocycles. The van der Waals surface area contributed by atoms with Crippen molar-refractivity contribution in [3.63, 3.8) is 0 Å². The Hall–Kier alpha value is -2.85. The average Bonchev–Trinajstić information content (AvgIpc) is 3.61. The third-order valence-corrected chi connectivity index (χ3v) is 8.18. The molecule has 1 saturated heterocycles. The predicted molar refractivity (Wildman–Crippen MR) is 143 cm³/mol. The molecule has 10 heteroatoms. The van der Waals surface area contributed by atoms with Gasteiger partial charge in [-0.15, -0.1) is 5.10 Å². The van der Waals surface area contributed by atoms with E-state index in [4.69, 9.17) is 5.11 Å². The van der Waals surface area contributed by atoms with E-state index in [0.717, 1.165) is 55.6 Å². The first-order chi connectivity index (χ1) is 18.0. The summed E-state index contributed by atoms with van der Waals surface area (Å²) in [6.07, 6.45) is 7.40. The maximum absolute atomic E-state index is 13.9. The number of carbonyl (C=O) groups is 3. The molecule has 1 aliphatic heterocycles. The number of aromatic nitrogens is 2. The van der Waals surface area contributed by atoms with Crippen molar-refractivity contribution in [1.29, 1.82) is 0 Å². The molecule has 200 valence electrons. The SMILES string of the molecule is CC(CCCO)C(=O)N[C@H](C(=O)N1CCC[C@H]1C(=O)Nc1snnc1-c1ccccc1)C1CCCCC1. The Bertz CT molecular complexity index is 1060. The van der Waals surface area contributed by atoms with E-state index in [0.29, 0.717) is 36.5 Å². The summed E-state index contributed by atoms with van der Waals surface area (Å²) in [5.41, 5.74) is 1.47. The fraction of sp³-hybridized carbons (Fsp3) is 0.593. The van der Waals surface area contributed by atoms with E-state index in [1.54, 1.807) is 4.90 Å². The summed E-state index contributed by atoms with van der Waals surface area (Å²) in [4.78, 5) is 41.9. The largest absolute Gasteiger partial charge is 0.396 e. The number of rotatable bonds is 10. The van der Waals surface area contributed by atoms with Crippen molar-refractivity contribution in [1.82, 2.24) is 19.8 Å². The van der Waals surface area contributed by atoms with E-state index in [1.807, 2.05) is 37.3 Å². The molecule has 3 atom stereocenters. The first kappa shape index (κ1) is 27.2. The van der Waals surface area contributed by atoms with Crippen LogP contribution in [0.1, 0.15) is 64.7 Å². The van der Waals surface area contributed by atoms with Crippen LogP contribution in [0.4, 0.5) is 5.00 Å². The van der Waals surface area contributed by atoms with Crippen LogP contribution in [0, 0.1) is 11.8 Å². The molecule has 9 nitrogen and oxygen atoms in total. The van der Waals surface area contributed by atoms with Gasteiger partial charge in [-0.2, -0.15) is 0 Å². The first-order valence-electron chi connectivity index (χ1n) is 13.4. The molecule has 2 aromatic rings. The van der Waals surface area contributed by atoms with Crippen LogP contribution in [-0.2, 0) is 14.4 Å². The number of nitrogens with zero attached hydrogens (tertiary/aromatic N) is 3. The molecule has 0 bridgehead atoms. The van der Waals surface area contributed by atoms with E-state index in [-0.39, 0.29) is 36.2 Å². The van der Waals surface area contributed by atoms with Crippen molar-refractivity contribution < 1.29 is 19.5 Å². The maximum atomic E-state index is 13.9. The summed E-state index contributed by atoms with van der Waals surface area (Å²) in [7, 11) is 0. The van der Waals surface area contributed by atoms with Gasteiger partial charge in [0.05, 0.1) is 0 Å². The van der Waals surface area contributed by atoms with Gasteiger partial charge in [-0.25, -0.2) is 0 Å². The van der Waals surface area contributed by atoms with E-state index in [2.05, 4.69) is 20.2 Å². The van der Waals surface area contributed by atoms with Crippen LogP contribution in [0.3, 0.4) is 0 Å². The second-order valence-corrected chi connectivity index (χ2v) is 10.9. The third kappa shape index (κ3) is 6.73. The Labute approximate surface area is 222 Å². The zero-order valence-electron chi connectivity index (χ0n) is 21.4. The highest BCUT2D eigenvalue weighted by Crippen LogP contribution is 2.32. The minimum atomic E-state index is -0.636. The van der Waals surface area contributed by atoms with Gasteiger partial charge in [0.2, 0.25) is 17.7 Å². The third-order valence-electron chi connectivity index (χ3n) is 7.54. The second-order valence-electron chi connectivity index (χ2n) is 10.1. The number of amides is 3. The van der Waals surface area contributed by atoms with Gasteiger partial charge >= 0.3 is 0 Å².